The highest BCUT2D eigenvalue weighted by molar-refractivity contribution is 5.13. The van der Waals surface area contributed by atoms with Gasteiger partial charge in [0, 0.05) is 38.9 Å². The molecular formula is C20H32N2O3. The van der Waals surface area contributed by atoms with Crippen molar-refractivity contribution in [2.75, 3.05) is 52.5 Å². The van der Waals surface area contributed by atoms with Crippen LogP contribution in [0.5, 0.6) is 0 Å². The van der Waals surface area contributed by atoms with Gasteiger partial charge in [-0.25, -0.2) is 0 Å². The third kappa shape index (κ3) is 6.35. The second kappa shape index (κ2) is 10.2. The molecule has 5 nitrogen and oxygen atoms in total. The highest BCUT2D eigenvalue weighted by atomic mass is 16.5. The lowest BCUT2D eigenvalue weighted by Crippen LogP contribution is -2.42. The fraction of sp³-hybridized carbons (Fsp3) is 0.700. The SMILES string of the molecule is O[C@@H](COCc1ccccc1)CN1CCCN(C2CCOCC2)CC1. The summed E-state index contributed by atoms with van der Waals surface area (Å²) in [6.45, 7) is 7.85. The maximum absolute atomic E-state index is 10.3. The molecule has 2 saturated heterocycles. The predicted octanol–water partition coefficient (Wildman–Crippen LogP) is 1.75. The van der Waals surface area contributed by atoms with Gasteiger partial charge in [-0.05, 0) is 37.9 Å². The molecule has 1 atom stereocenters. The molecule has 2 aliphatic rings. The summed E-state index contributed by atoms with van der Waals surface area (Å²) in [6.07, 6.45) is 3.08. The Morgan fingerprint density at radius 3 is 2.68 bits per heavy atom. The van der Waals surface area contributed by atoms with E-state index >= 15 is 0 Å². The minimum atomic E-state index is -0.418. The predicted molar refractivity (Wildman–Crippen MR) is 98.6 cm³/mol. The Kier molecular flexibility index (Phi) is 7.70. The number of ether oxygens (including phenoxy) is 2. The molecule has 5 heteroatoms. The van der Waals surface area contributed by atoms with E-state index in [0.717, 1.165) is 51.3 Å². The largest absolute Gasteiger partial charge is 0.389 e. The third-order valence-corrected chi connectivity index (χ3v) is 5.22. The number of aliphatic hydroxyl groups excluding tert-OH is 1. The minimum absolute atomic E-state index is 0.398. The van der Waals surface area contributed by atoms with Crippen LogP contribution in [0.2, 0.25) is 0 Å². The molecule has 1 aromatic carbocycles. The van der Waals surface area contributed by atoms with Gasteiger partial charge in [-0.3, -0.25) is 9.80 Å². The van der Waals surface area contributed by atoms with Crippen LogP contribution in [0.1, 0.15) is 24.8 Å². The van der Waals surface area contributed by atoms with E-state index in [1.54, 1.807) is 0 Å². The second-order valence-corrected chi connectivity index (χ2v) is 7.19. The number of hydrogen-bond donors (Lipinski definition) is 1. The van der Waals surface area contributed by atoms with E-state index in [0.29, 0.717) is 25.8 Å². The van der Waals surface area contributed by atoms with Crippen LogP contribution in [-0.4, -0.2) is 79.6 Å². The van der Waals surface area contributed by atoms with E-state index in [-0.39, 0.29) is 0 Å². The van der Waals surface area contributed by atoms with E-state index in [4.69, 9.17) is 9.47 Å². The molecule has 2 fully saturated rings. The second-order valence-electron chi connectivity index (χ2n) is 7.19. The fourth-order valence-electron chi connectivity index (χ4n) is 3.83. The topological polar surface area (TPSA) is 45.2 Å². The molecule has 1 aromatic rings. The Morgan fingerprint density at radius 1 is 1.08 bits per heavy atom. The molecule has 1 N–H and O–H groups in total. The van der Waals surface area contributed by atoms with Crippen LogP contribution in [0.3, 0.4) is 0 Å². The zero-order chi connectivity index (χ0) is 17.3. The van der Waals surface area contributed by atoms with Gasteiger partial charge in [0.25, 0.3) is 0 Å². The Bertz CT molecular complexity index is 479. The highest BCUT2D eigenvalue weighted by Crippen LogP contribution is 2.16. The minimum Gasteiger partial charge on any atom is -0.389 e. The monoisotopic (exact) mass is 348 g/mol. The van der Waals surface area contributed by atoms with E-state index in [1.807, 2.05) is 30.3 Å². The summed E-state index contributed by atoms with van der Waals surface area (Å²) in [6, 6.07) is 10.8. The first kappa shape index (κ1) is 18.8. The summed E-state index contributed by atoms with van der Waals surface area (Å²) in [4.78, 5) is 5.01. The Labute approximate surface area is 151 Å². The van der Waals surface area contributed by atoms with Crippen LogP contribution < -0.4 is 0 Å². The molecule has 0 radical (unpaired) electrons. The van der Waals surface area contributed by atoms with Crippen molar-refractivity contribution >= 4 is 0 Å². The molecule has 0 spiro atoms. The molecule has 0 aromatic heterocycles. The normalized spacial score (nSPS) is 22.6. The number of benzene rings is 1. The van der Waals surface area contributed by atoms with Gasteiger partial charge >= 0.3 is 0 Å². The van der Waals surface area contributed by atoms with Crippen LogP contribution in [0.15, 0.2) is 30.3 Å². The Hall–Kier alpha value is -0.980. The molecule has 0 aliphatic carbocycles. The number of β-amino-alcohol motifs (C(OH)–C–C–N with tert-alkyl or cyclic N) is 1. The van der Waals surface area contributed by atoms with Crippen molar-refractivity contribution < 1.29 is 14.6 Å². The number of hydrogen-bond acceptors (Lipinski definition) is 5. The van der Waals surface area contributed by atoms with E-state index in [2.05, 4.69) is 9.80 Å². The van der Waals surface area contributed by atoms with E-state index < -0.39 is 6.10 Å². The van der Waals surface area contributed by atoms with Crippen LogP contribution >= 0.6 is 0 Å². The summed E-state index contributed by atoms with van der Waals surface area (Å²) in [5.41, 5.74) is 1.15. The van der Waals surface area contributed by atoms with Crippen molar-refractivity contribution in [1.82, 2.24) is 9.80 Å². The van der Waals surface area contributed by atoms with Gasteiger partial charge in [0.15, 0.2) is 0 Å². The van der Waals surface area contributed by atoms with Crippen LogP contribution in [0.4, 0.5) is 0 Å². The lowest BCUT2D eigenvalue weighted by Gasteiger charge is -2.33. The first-order valence-corrected chi connectivity index (χ1v) is 9.65. The van der Waals surface area contributed by atoms with Gasteiger partial charge < -0.3 is 14.6 Å². The maximum Gasteiger partial charge on any atom is 0.0900 e. The summed E-state index contributed by atoms with van der Waals surface area (Å²) in [7, 11) is 0. The van der Waals surface area contributed by atoms with Crippen LogP contribution in [0.25, 0.3) is 0 Å². The first-order valence-electron chi connectivity index (χ1n) is 9.65. The highest BCUT2D eigenvalue weighted by Gasteiger charge is 2.24. The van der Waals surface area contributed by atoms with Gasteiger partial charge in [-0.15, -0.1) is 0 Å². The molecule has 140 valence electrons. The summed E-state index contributed by atoms with van der Waals surface area (Å²) >= 11 is 0. The lowest BCUT2D eigenvalue weighted by molar-refractivity contribution is 0.00927. The van der Waals surface area contributed by atoms with Crippen LogP contribution in [-0.2, 0) is 16.1 Å². The molecule has 25 heavy (non-hydrogen) atoms. The van der Waals surface area contributed by atoms with E-state index in [1.165, 1.54) is 13.0 Å². The number of rotatable bonds is 7. The van der Waals surface area contributed by atoms with Crippen molar-refractivity contribution in [1.29, 1.82) is 0 Å². The molecule has 0 bridgehead atoms. The quantitative estimate of drug-likeness (QED) is 0.813. The van der Waals surface area contributed by atoms with Gasteiger partial charge in [0.05, 0.1) is 19.3 Å². The van der Waals surface area contributed by atoms with Gasteiger partial charge in [-0.1, -0.05) is 30.3 Å². The molecule has 2 aliphatic heterocycles. The fourth-order valence-corrected chi connectivity index (χ4v) is 3.83. The standard InChI is InChI=1S/C20H32N2O3/c23-20(17-25-16-18-5-2-1-3-6-18)15-21-9-4-10-22(12-11-21)19-7-13-24-14-8-19/h1-3,5-6,19-20,23H,4,7-17H2/t20-/m1/s1. The van der Waals surface area contributed by atoms with Crippen molar-refractivity contribution in [3.05, 3.63) is 35.9 Å². The van der Waals surface area contributed by atoms with Crippen molar-refractivity contribution in [3.63, 3.8) is 0 Å². The van der Waals surface area contributed by atoms with Gasteiger partial charge in [-0.2, -0.15) is 0 Å². The van der Waals surface area contributed by atoms with Gasteiger partial charge in [0.2, 0.25) is 0 Å². The zero-order valence-corrected chi connectivity index (χ0v) is 15.2. The molecule has 3 rings (SSSR count). The summed E-state index contributed by atoms with van der Waals surface area (Å²) in [5, 5.41) is 10.3. The third-order valence-electron chi connectivity index (χ3n) is 5.22. The van der Waals surface area contributed by atoms with Crippen molar-refractivity contribution in [2.24, 2.45) is 0 Å². The number of aliphatic hydroxyl groups is 1. The van der Waals surface area contributed by atoms with Crippen LogP contribution in [0, 0.1) is 0 Å². The molecule has 0 amide bonds. The molecule has 0 saturated carbocycles. The van der Waals surface area contributed by atoms with E-state index in [9.17, 15) is 5.11 Å². The Morgan fingerprint density at radius 2 is 1.88 bits per heavy atom. The molecule has 2 heterocycles. The lowest BCUT2D eigenvalue weighted by atomic mass is 10.1. The summed E-state index contributed by atoms with van der Waals surface area (Å²) in [5.74, 6) is 0. The average Bonchev–Trinajstić information content (AvgIpc) is 2.89. The number of nitrogens with zero attached hydrogens (tertiary/aromatic N) is 2. The smallest absolute Gasteiger partial charge is 0.0900 e. The Balaban J connectivity index is 1.34. The summed E-state index contributed by atoms with van der Waals surface area (Å²) < 4.78 is 11.2. The average molecular weight is 348 g/mol. The van der Waals surface area contributed by atoms with Crippen molar-refractivity contribution in [3.8, 4) is 0 Å². The zero-order valence-electron chi connectivity index (χ0n) is 15.2. The molecular weight excluding hydrogens is 316 g/mol. The maximum atomic E-state index is 10.3. The van der Waals surface area contributed by atoms with Gasteiger partial charge in [0.1, 0.15) is 0 Å². The molecule has 0 unspecified atom stereocenters. The first-order chi connectivity index (χ1) is 12.3. The van der Waals surface area contributed by atoms with Crippen molar-refractivity contribution in [2.45, 2.75) is 38.0 Å².